The van der Waals surface area contributed by atoms with E-state index in [-0.39, 0.29) is 12.1 Å². The van der Waals surface area contributed by atoms with E-state index in [1.165, 1.54) is 12.1 Å². The summed E-state index contributed by atoms with van der Waals surface area (Å²) in [5.41, 5.74) is -0.266. The first-order valence-corrected chi connectivity index (χ1v) is 5.95. The molecular formula is C14H16N2O4. The Balaban J connectivity index is 3.19. The molecule has 1 aromatic rings. The molecular weight excluding hydrogens is 260 g/mol. The number of nitrogens with zero attached hydrogens (tertiary/aromatic N) is 2. The zero-order valence-electron chi connectivity index (χ0n) is 11.0. The Kier molecular flexibility index (Phi) is 5.61. The van der Waals surface area contributed by atoms with Crippen molar-refractivity contribution < 1.29 is 14.8 Å². The topological polar surface area (TPSA) is 83.7 Å². The van der Waals surface area contributed by atoms with E-state index in [0.717, 1.165) is 0 Å². The van der Waals surface area contributed by atoms with Crippen LogP contribution in [0.15, 0.2) is 43.5 Å². The first-order valence-electron chi connectivity index (χ1n) is 5.95. The third kappa shape index (κ3) is 3.76. The van der Waals surface area contributed by atoms with Gasteiger partial charge in [-0.15, -0.1) is 13.2 Å². The van der Waals surface area contributed by atoms with Gasteiger partial charge in [0.15, 0.2) is 0 Å². The van der Waals surface area contributed by atoms with E-state index in [4.69, 9.17) is 0 Å². The Morgan fingerprint density at radius 2 is 1.95 bits per heavy atom. The Bertz CT molecular complexity index is 530. The fourth-order valence-electron chi connectivity index (χ4n) is 1.93. The van der Waals surface area contributed by atoms with Crippen molar-refractivity contribution in [3.8, 4) is 0 Å². The lowest BCUT2D eigenvalue weighted by Gasteiger charge is -2.19. The average molecular weight is 276 g/mol. The summed E-state index contributed by atoms with van der Waals surface area (Å²) in [5, 5.41) is 20.1. The molecule has 0 bridgehead atoms. The van der Waals surface area contributed by atoms with E-state index >= 15 is 0 Å². The minimum Gasteiger partial charge on any atom is -0.477 e. The Morgan fingerprint density at radius 1 is 1.35 bits per heavy atom. The van der Waals surface area contributed by atoms with Crippen molar-refractivity contribution in [1.82, 2.24) is 4.90 Å². The maximum Gasteiger partial charge on any atom is 0.343 e. The first-order chi connectivity index (χ1) is 9.51. The third-order valence-corrected chi connectivity index (χ3v) is 2.71. The molecule has 6 nitrogen and oxygen atoms in total. The second-order valence-electron chi connectivity index (χ2n) is 4.14. The second kappa shape index (κ2) is 7.20. The SMILES string of the molecule is C=CCN(CC=C)Cc1cccc([N+](=O)[O-])c1C(=O)O. The predicted molar refractivity (Wildman–Crippen MR) is 75.7 cm³/mol. The number of carboxylic acid groups (broad SMARTS) is 1. The van der Waals surface area contributed by atoms with Crippen LogP contribution in [0.4, 0.5) is 5.69 Å². The maximum atomic E-state index is 11.3. The molecule has 0 atom stereocenters. The summed E-state index contributed by atoms with van der Waals surface area (Å²) in [5.74, 6) is -1.30. The molecule has 0 aromatic heterocycles. The summed E-state index contributed by atoms with van der Waals surface area (Å²) in [4.78, 5) is 23.4. The number of hydrogen-bond donors (Lipinski definition) is 1. The van der Waals surface area contributed by atoms with Gasteiger partial charge in [-0.25, -0.2) is 4.79 Å². The first kappa shape index (κ1) is 15.6. The second-order valence-corrected chi connectivity index (χ2v) is 4.14. The standard InChI is InChI=1S/C14H16N2O4/c1-3-8-15(9-4-2)10-11-6-5-7-12(16(19)20)13(11)14(17)18/h3-7H,1-2,8-10H2,(H,17,18). The molecule has 1 rings (SSSR count). The number of nitro groups is 1. The lowest BCUT2D eigenvalue weighted by Crippen LogP contribution is -2.24. The fourth-order valence-corrected chi connectivity index (χ4v) is 1.93. The highest BCUT2D eigenvalue weighted by molar-refractivity contribution is 5.94. The molecule has 1 N–H and O–H groups in total. The number of nitro benzene ring substituents is 1. The van der Waals surface area contributed by atoms with Crippen molar-refractivity contribution in [2.24, 2.45) is 0 Å². The van der Waals surface area contributed by atoms with Crippen LogP contribution in [0.25, 0.3) is 0 Å². The van der Waals surface area contributed by atoms with Crippen molar-refractivity contribution in [3.63, 3.8) is 0 Å². The van der Waals surface area contributed by atoms with Gasteiger partial charge >= 0.3 is 5.97 Å². The molecule has 0 radical (unpaired) electrons. The van der Waals surface area contributed by atoms with Crippen molar-refractivity contribution in [2.45, 2.75) is 6.54 Å². The van der Waals surface area contributed by atoms with Gasteiger partial charge in [-0.2, -0.15) is 0 Å². The van der Waals surface area contributed by atoms with Gasteiger partial charge in [0.1, 0.15) is 5.56 Å². The molecule has 0 heterocycles. The highest BCUT2D eigenvalue weighted by Crippen LogP contribution is 2.23. The lowest BCUT2D eigenvalue weighted by molar-refractivity contribution is -0.385. The van der Waals surface area contributed by atoms with Crippen LogP contribution in [0.3, 0.4) is 0 Å². The summed E-state index contributed by atoms with van der Waals surface area (Å²) in [6.07, 6.45) is 3.36. The van der Waals surface area contributed by atoms with Gasteiger partial charge in [0, 0.05) is 25.7 Å². The summed E-state index contributed by atoms with van der Waals surface area (Å²) in [6.45, 7) is 8.60. The molecule has 1 aromatic carbocycles. The summed E-state index contributed by atoms with van der Waals surface area (Å²) < 4.78 is 0. The van der Waals surface area contributed by atoms with Gasteiger partial charge in [-0.1, -0.05) is 24.3 Å². The summed E-state index contributed by atoms with van der Waals surface area (Å²) in [7, 11) is 0. The molecule has 0 aliphatic carbocycles. The zero-order valence-corrected chi connectivity index (χ0v) is 11.0. The number of aromatic carboxylic acids is 1. The van der Waals surface area contributed by atoms with Crippen LogP contribution in [0.1, 0.15) is 15.9 Å². The average Bonchev–Trinajstić information content (AvgIpc) is 2.38. The van der Waals surface area contributed by atoms with Gasteiger partial charge in [0.05, 0.1) is 4.92 Å². The van der Waals surface area contributed by atoms with E-state index in [2.05, 4.69) is 13.2 Å². The summed E-state index contributed by atoms with van der Waals surface area (Å²) in [6, 6.07) is 4.26. The van der Waals surface area contributed by atoms with Crippen molar-refractivity contribution >= 4 is 11.7 Å². The quantitative estimate of drug-likeness (QED) is 0.448. The highest BCUT2D eigenvalue weighted by atomic mass is 16.6. The van der Waals surface area contributed by atoms with E-state index in [1.54, 1.807) is 18.2 Å². The lowest BCUT2D eigenvalue weighted by atomic mass is 10.0. The Hall–Kier alpha value is -2.47. The molecule has 6 heteroatoms. The van der Waals surface area contributed by atoms with Crippen LogP contribution < -0.4 is 0 Å². The third-order valence-electron chi connectivity index (χ3n) is 2.71. The molecule has 0 saturated carbocycles. The number of benzene rings is 1. The molecule has 0 aliphatic heterocycles. The number of carbonyl (C=O) groups is 1. The molecule has 0 unspecified atom stereocenters. The van der Waals surface area contributed by atoms with Crippen molar-refractivity contribution in [1.29, 1.82) is 0 Å². The van der Waals surface area contributed by atoms with Crippen LogP contribution in [-0.4, -0.2) is 34.0 Å². The van der Waals surface area contributed by atoms with Crippen molar-refractivity contribution in [3.05, 3.63) is 64.8 Å². The van der Waals surface area contributed by atoms with Gasteiger partial charge in [0.2, 0.25) is 0 Å². The number of carboxylic acids is 1. The van der Waals surface area contributed by atoms with E-state index in [1.807, 2.05) is 4.90 Å². The minimum absolute atomic E-state index is 0.268. The summed E-state index contributed by atoms with van der Waals surface area (Å²) >= 11 is 0. The molecule has 0 saturated heterocycles. The molecule has 0 spiro atoms. The fraction of sp³-hybridized carbons (Fsp3) is 0.214. The van der Waals surface area contributed by atoms with E-state index in [0.29, 0.717) is 18.7 Å². The molecule has 0 fully saturated rings. The van der Waals surface area contributed by atoms with E-state index < -0.39 is 16.6 Å². The smallest absolute Gasteiger partial charge is 0.343 e. The predicted octanol–water partition coefficient (Wildman–Crippen LogP) is 2.47. The van der Waals surface area contributed by atoms with Gasteiger partial charge < -0.3 is 5.11 Å². The zero-order chi connectivity index (χ0) is 15.1. The molecule has 20 heavy (non-hydrogen) atoms. The monoisotopic (exact) mass is 276 g/mol. The van der Waals surface area contributed by atoms with Gasteiger partial charge in [0.25, 0.3) is 5.69 Å². The normalized spacial score (nSPS) is 10.2. The van der Waals surface area contributed by atoms with Crippen LogP contribution >= 0.6 is 0 Å². The Morgan fingerprint density at radius 3 is 2.40 bits per heavy atom. The van der Waals surface area contributed by atoms with E-state index in [9.17, 15) is 20.0 Å². The molecule has 106 valence electrons. The number of hydrogen-bond acceptors (Lipinski definition) is 4. The molecule has 0 aliphatic rings. The van der Waals surface area contributed by atoms with Crippen LogP contribution in [0.2, 0.25) is 0 Å². The van der Waals surface area contributed by atoms with Gasteiger partial charge in [-0.05, 0) is 5.56 Å². The molecule has 0 amide bonds. The van der Waals surface area contributed by atoms with Crippen LogP contribution in [0.5, 0.6) is 0 Å². The highest BCUT2D eigenvalue weighted by Gasteiger charge is 2.23. The number of rotatable bonds is 8. The van der Waals surface area contributed by atoms with Crippen LogP contribution in [-0.2, 0) is 6.54 Å². The van der Waals surface area contributed by atoms with Gasteiger partial charge in [-0.3, -0.25) is 15.0 Å². The Labute approximate surface area is 116 Å². The van der Waals surface area contributed by atoms with Crippen LogP contribution in [0, 0.1) is 10.1 Å². The minimum atomic E-state index is -1.30. The largest absolute Gasteiger partial charge is 0.477 e. The maximum absolute atomic E-state index is 11.3. The van der Waals surface area contributed by atoms with Crippen molar-refractivity contribution in [2.75, 3.05) is 13.1 Å².